The van der Waals surface area contributed by atoms with Crippen LogP contribution < -0.4 is 11.1 Å². The molecule has 0 aliphatic heterocycles. The second-order valence-corrected chi connectivity index (χ2v) is 5.96. The van der Waals surface area contributed by atoms with Gasteiger partial charge in [0.15, 0.2) is 0 Å². The molecule has 0 spiro atoms. The molecule has 0 saturated carbocycles. The molecule has 23 heavy (non-hydrogen) atoms. The Hall–Kier alpha value is -1.18. The van der Waals surface area contributed by atoms with E-state index in [1.54, 1.807) is 5.38 Å². The Labute approximate surface area is 153 Å². The van der Waals surface area contributed by atoms with Crippen molar-refractivity contribution in [1.82, 2.24) is 15.2 Å². The average Bonchev–Trinajstić information content (AvgIpc) is 2.94. The van der Waals surface area contributed by atoms with E-state index >= 15 is 0 Å². The van der Waals surface area contributed by atoms with E-state index in [4.69, 9.17) is 5.73 Å². The van der Waals surface area contributed by atoms with Gasteiger partial charge >= 0.3 is 0 Å². The largest absolute Gasteiger partial charge is 0.347 e. The second kappa shape index (κ2) is 10.6. The highest BCUT2D eigenvalue weighted by molar-refractivity contribution is 7.09. The summed E-state index contributed by atoms with van der Waals surface area (Å²) in [5, 5.41) is 5.42. The van der Waals surface area contributed by atoms with Gasteiger partial charge in [-0.25, -0.2) is 4.98 Å². The Morgan fingerprint density at radius 3 is 2.48 bits per heavy atom. The van der Waals surface area contributed by atoms with E-state index < -0.39 is 0 Å². The third-order valence-electron chi connectivity index (χ3n) is 3.00. The van der Waals surface area contributed by atoms with Crippen molar-refractivity contribution in [3.8, 4) is 0 Å². The molecule has 8 heteroatoms. The summed E-state index contributed by atoms with van der Waals surface area (Å²) < 4.78 is 0. The summed E-state index contributed by atoms with van der Waals surface area (Å²) >= 11 is 1.41. The minimum Gasteiger partial charge on any atom is -0.347 e. The lowest BCUT2D eigenvalue weighted by molar-refractivity contribution is 0.0946. The predicted octanol–water partition coefficient (Wildman–Crippen LogP) is 2.44. The number of nitrogens with one attached hydrogen (secondary N) is 1. The number of amides is 1. The fourth-order valence-corrected chi connectivity index (χ4v) is 2.65. The topological polar surface area (TPSA) is 71.2 Å². The van der Waals surface area contributed by atoms with Gasteiger partial charge in [0.05, 0.1) is 0 Å². The number of benzene rings is 1. The smallest absolute Gasteiger partial charge is 0.271 e. The first-order valence-electron chi connectivity index (χ1n) is 6.74. The van der Waals surface area contributed by atoms with Crippen molar-refractivity contribution in [2.75, 3.05) is 14.1 Å². The van der Waals surface area contributed by atoms with Crippen LogP contribution in [0.5, 0.6) is 0 Å². The van der Waals surface area contributed by atoms with E-state index in [1.807, 2.05) is 32.3 Å². The molecule has 0 unspecified atom stereocenters. The van der Waals surface area contributed by atoms with Gasteiger partial charge in [0.1, 0.15) is 10.7 Å². The molecule has 0 aliphatic carbocycles. The molecule has 2 rings (SSSR count). The highest BCUT2D eigenvalue weighted by Gasteiger charge is 2.11. The van der Waals surface area contributed by atoms with Crippen LogP contribution in [-0.4, -0.2) is 29.9 Å². The van der Waals surface area contributed by atoms with Gasteiger partial charge in [0, 0.05) is 25.0 Å². The van der Waals surface area contributed by atoms with Crippen LogP contribution in [0.15, 0.2) is 29.6 Å². The van der Waals surface area contributed by atoms with Gasteiger partial charge < -0.3 is 16.0 Å². The number of halogens is 2. The Kier molecular flexibility index (Phi) is 10.0. The van der Waals surface area contributed by atoms with Crippen molar-refractivity contribution in [2.24, 2.45) is 5.73 Å². The molecule has 0 atom stereocenters. The van der Waals surface area contributed by atoms with Crippen molar-refractivity contribution in [3.05, 3.63) is 51.5 Å². The van der Waals surface area contributed by atoms with Crippen LogP contribution in [-0.2, 0) is 19.6 Å². The lowest BCUT2D eigenvalue weighted by Gasteiger charge is -2.14. The molecule has 5 nitrogen and oxygen atoms in total. The molecule has 2 aromatic rings. The van der Waals surface area contributed by atoms with Crippen LogP contribution in [0.25, 0.3) is 0 Å². The van der Waals surface area contributed by atoms with E-state index in [1.165, 1.54) is 16.9 Å². The number of nitrogens with zero attached hydrogens (tertiary/aromatic N) is 2. The van der Waals surface area contributed by atoms with E-state index in [0.29, 0.717) is 18.8 Å². The number of nitrogens with two attached hydrogens (primary N) is 1. The summed E-state index contributed by atoms with van der Waals surface area (Å²) in [5.41, 5.74) is 8.27. The van der Waals surface area contributed by atoms with Crippen LogP contribution in [0.4, 0.5) is 0 Å². The van der Waals surface area contributed by atoms with E-state index in [2.05, 4.69) is 21.3 Å². The lowest BCUT2D eigenvalue weighted by Crippen LogP contribution is -2.24. The van der Waals surface area contributed by atoms with Crippen molar-refractivity contribution >= 4 is 42.1 Å². The van der Waals surface area contributed by atoms with Crippen molar-refractivity contribution in [1.29, 1.82) is 0 Å². The number of rotatable bonds is 6. The summed E-state index contributed by atoms with van der Waals surface area (Å²) in [4.78, 5) is 18.4. The Morgan fingerprint density at radius 1 is 1.26 bits per heavy atom. The Balaban J connectivity index is 0.00000242. The Morgan fingerprint density at radius 2 is 1.91 bits per heavy atom. The zero-order chi connectivity index (χ0) is 15.2. The maximum absolute atomic E-state index is 12.1. The normalized spacial score (nSPS) is 9.91. The molecule has 0 bridgehead atoms. The zero-order valence-electron chi connectivity index (χ0n) is 13.1. The highest BCUT2D eigenvalue weighted by Crippen LogP contribution is 2.12. The highest BCUT2D eigenvalue weighted by atomic mass is 35.5. The summed E-state index contributed by atoms with van der Waals surface area (Å²) in [6.45, 7) is 1.71. The summed E-state index contributed by atoms with van der Waals surface area (Å²) in [5.74, 6) is -0.161. The van der Waals surface area contributed by atoms with Crippen molar-refractivity contribution < 1.29 is 4.79 Å². The summed E-state index contributed by atoms with van der Waals surface area (Å²) in [6.07, 6.45) is 0. The number of carbonyl (C=O) groups excluding carboxylic acids is 1. The number of thiazole rings is 1. The standard InChI is InChI=1S/C15H20N4OS.2ClH/c1-19(2)9-12-6-4-3-5-11(12)8-17-15(20)13-10-21-14(7-16)18-13;;/h3-6,10H,7-9,16H2,1-2H3,(H,17,20);2*1H. The molecule has 0 radical (unpaired) electrons. The Bertz CT molecular complexity index is 619. The first kappa shape index (κ1) is 21.8. The average molecular weight is 377 g/mol. The third kappa shape index (κ3) is 6.45. The molecule has 1 amide bonds. The predicted molar refractivity (Wildman–Crippen MR) is 99.5 cm³/mol. The minimum absolute atomic E-state index is 0. The number of hydrogen-bond acceptors (Lipinski definition) is 5. The van der Waals surface area contributed by atoms with E-state index in [0.717, 1.165) is 17.1 Å². The summed E-state index contributed by atoms with van der Waals surface area (Å²) in [7, 11) is 4.05. The van der Waals surface area contributed by atoms with Gasteiger partial charge in [-0.05, 0) is 25.2 Å². The van der Waals surface area contributed by atoms with Crippen LogP contribution in [0.2, 0.25) is 0 Å². The quantitative estimate of drug-likeness (QED) is 0.811. The monoisotopic (exact) mass is 376 g/mol. The number of carbonyl (C=O) groups is 1. The van der Waals surface area contributed by atoms with Crippen LogP contribution in [0.3, 0.4) is 0 Å². The van der Waals surface area contributed by atoms with Gasteiger partial charge in [0.25, 0.3) is 5.91 Å². The van der Waals surface area contributed by atoms with Gasteiger partial charge in [0.2, 0.25) is 0 Å². The van der Waals surface area contributed by atoms with Gasteiger partial charge in [-0.1, -0.05) is 24.3 Å². The van der Waals surface area contributed by atoms with E-state index in [9.17, 15) is 4.79 Å². The molecular weight excluding hydrogens is 355 g/mol. The molecule has 1 heterocycles. The molecule has 3 N–H and O–H groups in total. The van der Waals surface area contributed by atoms with Crippen LogP contribution in [0, 0.1) is 0 Å². The number of hydrogen-bond donors (Lipinski definition) is 2. The molecule has 1 aromatic carbocycles. The minimum atomic E-state index is -0.161. The maximum Gasteiger partial charge on any atom is 0.271 e. The molecule has 128 valence electrons. The fraction of sp³-hybridized carbons (Fsp3) is 0.333. The van der Waals surface area contributed by atoms with Crippen molar-refractivity contribution in [2.45, 2.75) is 19.6 Å². The maximum atomic E-state index is 12.1. The molecule has 0 saturated heterocycles. The summed E-state index contributed by atoms with van der Waals surface area (Å²) in [6, 6.07) is 8.11. The first-order chi connectivity index (χ1) is 10.1. The molecular formula is C15H22Cl2N4OS. The van der Waals surface area contributed by atoms with E-state index in [-0.39, 0.29) is 30.7 Å². The SMILES string of the molecule is CN(C)Cc1ccccc1CNC(=O)c1csc(CN)n1.Cl.Cl. The van der Waals surface area contributed by atoms with Gasteiger partial charge in [-0.15, -0.1) is 36.2 Å². The van der Waals surface area contributed by atoms with Crippen molar-refractivity contribution in [3.63, 3.8) is 0 Å². The van der Waals surface area contributed by atoms with Gasteiger partial charge in [-0.2, -0.15) is 0 Å². The fourth-order valence-electron chi connectivity index (χ4n) is 2.00. The lowest BCUT2D eigenvalue weighted by atomic mass is 10.1. The zero-order valence-corrected chi connectivity index (χ0v) is 15.6. The van der Waals surface area contributed by atoms with Crippen LogP contribution >= 0.6 is 36.2 Å². The molecule has 0 fully saturated rings. The number of aromatic nitrogens is 1. The second-order valence-electron chi connectivity index (χ2n) is 5.02. The van der Waals surface area contributed by atoms with Crippen LogP contribution in [0.1, 0.15) is 26.6 Å². The first-order valence-corrected chi connectivity index (χ1v) is 7.62. The van der Waals surface area contributed by atoms with Gasteiger partial charge in [-0.3, -0.25) is 4.79 Å². The molecule has 1 aromatic heterocycles. The third-order valence-corrected chi connectivity index (χ3v) is 3.87. The molecule has 0 aliphatic rings.